The third kappa shape index (κ3) is 3.88. The van der Waals surface area contributed by atoms with Crippen LogP contribution in [0.3, 0.4) is 0 Å². The van der Waals surface area contributed by atoms with Gasteiger partial charge in [-0.1, -0.05) is 24.3 Å². The first-order valence-corrected chi connectivity index (χ1v) is 9.81. The van der Waals surface area contributed by atoms with E-state index in [0.29, 0.717) is 16.7 Å². The van der Waals surface area contributed by atoms with Crippen molar-refractivity contribution in [2.24, 2.45) is 0 Å². The van der Waals surface area contributed by atoms with Crippen molar-refractivity contribution in [2.45, 2.75) is 12.3 Å². The van der Waals surface area contributed by atoms with Crippen LogP contribution in [0.1, 0.15) is 23.5 Å². The van der Waals surface area contributed by atoms with Crippen molar-refractivity contribution in [3.05, 3.63) is 88.3 Å². The molecule has 0 aliphatic carbocycles. The molecule has 1 atom stereocenters. The highest BCUT2D eigenvalue weighted by Crippen LogP contribution is 2.39. The lowest BCUT2D eigenvalue weighted by molar-refractivity contribution is -0.140. The van der Waals surface area contributed by atoms with Crippen LogP contribution in [-0.4, -0.2) is 28.4 Å². The summed E-state index contributed by atoms with van der Waals surface area (Å²) in [4.78, 5) is 25.4. The first-order chi connectivity index (χ1) is 15.4. The number of methoxy groups -OCH3 is 1. The van der Waals surface area contributed by atoms with Crippen LogP contribution in [0.15, 0.2) is 76.1 Å². The number of fused-ring (bicyclic) bond motifs is 1. The Balaban J connectivity index is 1.93. The van der Waals surface area contributed by atoms with Crippen LogP contribution in [0.4, 0.5) is 0 Å². The third-order valence-electron chi connectivity index (χ3n) is 5.38. The second-order valence-corrected chi connectivity index (χ2v) is 7.32. The van der Waals surface area contributed by atoms with Gasteiger partial charge in [-0.05, 0) is 47.5 Å². The van der Waals surface area contributed by atoms with Gasteiger partial charge in [0, 0.05) is 11.5 Å². The van der Waals surface area contributed by atoms with Crippen molar-refractivity contribution in [1.82, 2.24) is 0 Å². The molecule has 4 aromatic rings. The fourth-order valence-electron chi connectivity index (χ4n) is 3.73. The Kier molecular flexibility index (Phi) is 5.55. The number of esters is 1. The minimum atomic E-state index is -0.686. The lowest BCUT2D eigenvalue weighted by Gasteiger charge is -2.19. The SMILES string of the molecule is COC(=O)C[C@H](c1ccc(O)cc1)c1c(O)ccc2c(=O)c(-c3ccc(O)cc3)coc12. The van der Waals surface area contributed by atoms with Crippen LogP contribution in [0, 0.1) is 0 Å². The van der Waals surface area contributed by atoms with Gasteiger partial charge in [0.25, 0.3) is 0 Å². The largest absolute Gasteiger partial charge is 0.508 e. The molecular weight excluding hydrogens is 412 g/mol. The molecule has 7 heteroatoms. The third-order valence-corrected chi connectivity index (χ3v) is 5.38. The first kappa shape index (κ1) is 21.0. The van der Waals surface area contributed by atoms with Gasteiger partial charge in [-0.15, -0.1) is 0 Å². The monoisotopic (exact) mass is 432 g/mol. The molecule has 0 aliphatic heterocycles. The highest BCUT2D eigenvalue weighted by molar-refractivity contribution is 5.87. The normalized spacial score (nSPS) is 11.9. The molecule has 3 N–H and O–H groups in total. The molecule has 0 bridgehead atoms. The molecule has 0 aliphatic rings. The molecule has 1 heterocycles. The fourth-order valence-corrected chi connectivity index (χ4v) is 3.73. The van der Waals surface area contributed by atoms with E-state index in [2.05, 4.69) is 0 Å². The van der Waals surface area contributed by atoms with E-state index in [9.17, 15) is 24.9 Å². The number of aromatic hydroxyl groups is 3. The Bertz CT molecular complexity index is 1340. The molecule has 32 heavy (non-hydrogen) atoms. The van der Waals surface area contributed by atoms with Gasteiger partial charge in [0.2, 0.25) is 5.43 Å². The van der Waals surface area contributed by atoms with E-state index >= 15 is 0 Å². The molecule has 0 unspecified atom stereocenters. The Labute approximate surface area is 182 Å². The topological polar surface area (TPSA) is 117 Å². The highest BCUT2D eigenvalue weighted by Gasteiger charge is 2.26. The van der Waals surface area contributed by atoms with E-state index in [1.807, 2.05) is 0 Å². The summed E-state index contributed by atoms with van der Waals surface area (Å²) in [6, 6.07) is 15.2. The molecular formula is C25H20O7. The second kappa shape index (κ2) is 8.47. The number of carbonyl (C=O) groups is 1. The van der Waals surface area contributed by atoms with Crippen molar-refractivity contribution in [3.8, 4) is 28.4 Å². The zero-order valence-electron chi connectivity index (χ0n) is 17.1. The number of carbonyl (C=O) groups excluding carboxylic acids is 1. The van der Waals surface area contributed by atoms with Crippen molar-refractivity contribution < 1.29 is 29.3 Å². The summed E-state index contributed by atoms with van der Waals surface area (Å²) in [7, 11) is 1.27. The van der Waals surface area contributed by atoms with Crippen LogP contribution in [0.25, 0.3) is 22.1 Å². The molecule has 0 radical (unpaired) electrons. The number of phenolic OH excluding ortho intramolecular Hbond substituents is 3. The molecule has 0 fully saturated rings. The molecule has 3 aromatic carbocycles. The van der Waals surface area contributed by atoms with Gasteiger partial charge < -0.3 is 24.5 Å². The number of benzene rings is 3. The summed E-state index contributed by atoms with van der Waals surface area (Å²) >= 11 is 0. The van der Waals surface area contributed by atoms with E-state index < -0.39 is 11.9 Å². The maximum absolute atomic E-state index is 13.2. The summed E-state index contributed by atoms with van der Waals surface area (Å²) < 4.78 is 10.7. The molecule has 0 saturated heterocycles. The van der Waals surface area contributed by atoms with E-state index in [0.717, 1.165) is 0 Å². The van der Waals surface area contributed by atoms with Crippen LogP contribution >= 0.6 is 0 Å². The average Bonchev–Trinajstić information content (AvgIpc) is 2.79. The second-order valence-electron chi connectivity index (χ2n) is 7.32. The Morgan fingerprint density at radius 2 is 1.56 bits per heavy atom. The predicted octanol–water partition coefficient (Wildman–Crippen LogP) is 4.27. The standard InChI is InChI=1S/C25H20O7/c1-31-22(29)12-19(14-2-6-16(26)7-3-14)23-21(28)11-10-18-24(30)20(13-32-25(18)23)15-4-8-17(27)9-5-15/h2-11,13,19,26-28H,12H2,1H3/t19-/m1/s1. The quantitative estimate of drug-likeness (QED) is 0.403. The molecule has 4 rings (SSSR count). The molecule has 0 saturated carbocycles. The summed E-state index contributed by atoms with van der Waals surface area (Å²) in [6.45, 7) is 0. The van der Waals surface area contributed by atoms with E-state index in [1.54, 1.807) is 24.3 Å². The average molecular weight is 432 g/mol. The first-order valence-electron chi connectivity index (χ1n) is 9.81. The van der Waals surface area contributed by atoms with E-state index in [-0.39, 0.29) is 45.6 Å². The van der Waals surface area contributed by atoms with Gasteiger partial charge in [-0.3, -0.25) is 9.59 Å². The molecule has 1 aromatic heterocycles. The molecule has 0 spiro atoms. The van der Waals surface area contributed by atoms with Crippen molar-refractivity contribution in [2.75, 3.05) is 7.11 Å². The fraction of sp³-hybridized carbons (Fsp3) is 0.120. The van der Waals surface area contributed by atoms with Crippen molar-refractivity contribution in [1.29, 1.82) is 0 Å². The molecule has 162 valence electrons. The Hall–Kier alpha value is -4.26. The Morgan fingerprint density at radius 3 is 2.19 bits per heavy atom. The van der Waals surface area contributed by atoms with Crippen LogP contribution in [0.2, 0.25) is 0 Å². The van der Waals surface area contributed by atoms with Gasteiger partial charge >= 0.3 is 5.97 Å². The lowest BCUT2D eigenvalue weighted by atomic mass is 9.86. The number of hydrogen-bond acceptors (Lipinski definition) is 7. The molecule has 0 amide bonds. The van der Waals surface area contributed by atoms with Crippen molar-refractivity contribution in [3.63, 3.8) is 0 Å². The minimum Gasteiger partial charge on any atom is -0.508 e. The maximum atomic E-state index is 13.2. The van der Waals surface area contributed by atoms with Crippen LogP contribution in [-0.2, 0) is 9.53 Å². The van der Waals surface area contributed by atoms with Gasteiger partial charge in [-0.2, -0.15) is 0 Å². The van der Waals surface area contributed by atoms with Crippen molar-refractivity contribution >= 4 is 16.9 Å². The highest BCUT2D eigenvalue weighted by atomic mass is 16.5. The zero-order chi connectivity index (χ0) is 22.8. The van der Waals surface area contributed by atoms with Gasteiger partial charge in [0.15, 0.2) is 0 Å². The molecule has 7 nitrogen and oxygen atoms in total. The minimum absolute atomic E-state index is 0.0535. The van der Waals surface area contributed by atoms with Gasteiger partial charge in [-0.25, -0.2) is 0 Å². The smallest absolute Gasteiger partial charge is 0.306 e. The summed E-state index contributed by atoms with van der Waals surface area (Å²) in [5.41, 5.74) is 1.59. The van der Waals surface area contributed by atoms with Crippen LogP contribution in [0.5, 0.6) is 17.2 Å². The van der Waals surface area contributed by atoms with Gasteiger partial charge in [0.05, 0.1) is 24.5 Å². The number of hydrogen-bond donors (Lipinski definition) is 3. The summed E-state index contributed by atoms with van der Waals surface area (Å²) in [6.07, 6.45) is 1.18. The van der Waals surface area contributed by atoms with Gasteiger partial charge in [0.1, 0.15) is 29.1 Å². The van der Waals surface area contributed by atoms with E-state index in [1.165, 1.54) is 49.8 Å². The predicted molar refractivity (Wildman–Crippen MR) is 118 cm³/mol. The number of ether oxygens (including phenoxy) is 1. The van der Waals surface area contributed by atoms with Crippen LogP contribution < -0.4 is 5.43 Å². The maximum Gasteiger partial charge on any atom is 0.306 e. The Morgan fingerprint density at radius 1 is 0.938 bits per heavy atom. The number of rotatable bonds is 5. The zero-order valence-corrected chi connectivity index (χ0v) is 17.1. The number of phenols is 3. The lowest BCUT2D eigenvalue weighted by Crippen LogP contribution is -2.12. The van der Waals surface area contributed by atoms with E-state index in [4.69, 9.17) is 9.15 Å². The summed E-state index contributed by atoms with van der Waals surface area (Å²) in [5, 5.41) is 30.1. The summed E-state index contributed by atoms with van der Waals surface area (Å²) in [5.74, 6) is -1.21.